The lowest BCUT2D eigenvalue weighted by molar-refractivity contribution is -0.128. The van der Waals surface area contributed by atoms with Crippen molar-refractivity contribution in [3.05, 3.63) is 41.0 Å². The molecule has 0 spiro atoms. The highest BCUT2D eigenvalue weighted by atomic mass is 16.5. The zero-order valence-electron chi connectivity index (χ0n) is 18.7. The van der Waals surface area contributed by atoms with Crippen molar-refractivity contribution >= 4 is 23.5 Å². The molecule has 1 saturated heterocycles. The van der Waals surface area contributed by atoms with E-state index in [1.807, 2.05) is 4.90 Å². The summed E-state index contributed by atoms with van der Waals surface area (Å²) in [4.78, 5) is 27.5. The highest BCUT2D eigenvalue weighted by Gasteiger charge is 2.28. The Bertz CT molecular complexity index is 917. The number of nitrogens with zero attached hydrogens (tertiary/aromatic N) is 1. The molecule has 0 saturated carbocycles. The number of esters is 1. The topological polar surface area (TPSA) is 117 Å². The number of rotatable bonds is 1. The first-order valence-electron chi connectivity index (χ1n) is 10.8. The number of cyclic esters (lactones) is 1. The number of Topliss-reactive ketones (excluding diaryl/α,β-unsaturated/α-hetero) is 1. The predicted molar refractivity (Wildman–Crippen MR) is 120 cm³/mol. The number of carbonyl (C=O) groups is 2. The van der Waals surface area contributed by atoms with E-state index in [0.717, 1.165) is 5.69 Å². The summed E-state index contributed by atoms with van der Waals surface area (Å²) in [5.41, 5.74) is 1.47. The van der Waals surface area contributed by atoms with Gasteiger partial charge in [-0.3, -0.25) is 4.79 Å². The third-order valence-corrected chi connectivity index (χ3v) is 5.96. The lowest BCUT2D eigenvalue weighted by Gasteiger charge is -2.29. The second kappa shape index (κ2) is 10.3. The van der Waals surface area contributed by atoms with Crippen LogP contribution in [0.1, 0.15) is 43.1 Å². The molecule has 0 radical (unpaired) electrons. The van der Waals surface area contributed by atoms with Crippen molar-refractivity contribution in [2.45, 2.75) is 45.5 Å². The Labute approximate surface area is 187 Å². The van der Waals surface area contributed by atoms with E-state index in [2.05, 4.69) is 0 Å². The number of phenolic OH excluding ortho intramolecular Hbond substituents is 1. The number of benzene rings is 1. The molecule has 8 heteroatoms. The van der Waals surface area contributed by atoms with Gasteiger partial charge in [0.2, 0.25) is 0 Å². The molecule has 0 aromatic heterocycles. The number of aliphatic hydroxyl groups is 2. The molecule has 3 rings (SSSR count). The Balaban J connectivity index is 2.03. The zero-order valence-corrected chi connectivity index (χ0v) is 18.7. The molecular weight excluding hydrogens is 414 g/mol. The second-order valence-electron chi connectivity index (χ2n) is 8.36. The monoisotopic (exact) mass is 445 g/mol. The van der Waals surface area contributed by atoms with Crippen LogP contribution in [0.4, 0.5) is 5.69 Å². The van der Waals surface area contributed by atoms with E-state index in [0.29, 0.717) is 31.9 Å². The molecule has 1 fully saturated rings. The molecule has 8 nitrogen and oxygen atoms in total. The van der Waals surface area contributed by atoms with Gasteiger partial charge in [0.15, 0.2) is 5.78 Å². The summed E-state index contributed by atoms with van der Waals surface area (Å²) in [6.07, 6.45) is 1.30. The Morgan fingerprint density at radius 2 is 1.78 bits per heavy atom. The molecule has 1 aromatic rings. The quantitative estimate of drug-likeness (QED) is 0.563. The molecule has 0 amide bonds. The third kappa shape index (κ3) is 5.38. The molecule has 0 unspecified atom stereocenters. The smallest absolute Gasteiger partial charge is 0.342 e. The van der Waals surface area contributed by atoms with Crippen LogP contribution in [0.5, 0.6) is 5.75 Å². The first-order chi connectivity index (χ1) is 15.2. The van der Waals surface area contributed by atoms with Crippen LogP contribution in [0.2, 0.25) is 0 Å². The van der Waals surface area contributed by atoms with E-state index >= 15 is 0 Å². The first-order valence-corrected chi connectivity index (χ1v) is 10.8. The number of fused-ring (bicyclic) bond motifs is 1. The number of hydrogen-bond donors (Lipinski definition) is 3. The van der Waals surface area contributed by atoms with Gasteiger partial charge in [-0.05, 0) is 37.5 Å². The van der Waals surface area contributed by atoms with Gasteiger partial charge >= 0.3 is 5.97 Å². The SMILES string of the molecule is C/C1=C/[C@@H](C)[C@H](C)OC(=O)c2c(O)cc(N3CCOCC3)cc2/C=C/C[C@H](O)[C@H](O)C1=O. The third-order valence-electron chi connectivity index (χ3n) is 5.96. The summed E-state index contributed by atoms with van der Waals surface area (Å²) in [5, 5.41) is 31.3. The van der Waals surface area contributed by atoms with E-state index in [4.69, 9.17) is 9.47 Å². The van der Waals surface area contributed by atoms with Crippen LogP contribution in [0.3, 0.4) is 0 Å². The molecule has 4 atom stereocenters. The lowest BCUT2D eigenvalue weighted by atomic mass is 9.95. The van der Waals surface area contributed by atoms with Gasteiger partial charge in [-0.1, -0.05) is 25.2 Å². The molecule has 2 heterocycles. The number of morpholine rings is 1. The van der Waals surface area contributed by atoms with Gasteiger partial charge < -0.3 is 29.7 Å². The highest BCUT2D eigenvalue weighted by molar-refractivity contribution is 5.99. The summed E-state index contributed by atoms with van der Waals surface area (Å²) >= 11 is 0. The fourth-order valence-corrected chi connectivity index (χ4v) is 3.81. The van der Waals surface area contributed by atoms with Crippen LogP contribution < -0.4 is 4.90 Å². The average Bonchev–Trinajstić information content (AvgIpc) is 2.77. The van der Waals surface area contributed by atoms with Crippen molar-refractivity contribution in [3.63, 3.8) is 0 Å². The van der Waals surface area contributed by atoms with Crippen molar-refractivity contribution in [3.8, 4) is 5.75 Å². The van der Waals surface area contributed by atoms with Crippen LogP contribution in [-0.2, 0) is 14.3 Å². The molecule has 2 aliphatic heterocycles. The van der Waals surface area contributed by atoms with E-state index in [1.54, 1.807) is 45.1 Å². The summed E-state index contributed by atoms with van der Waals surface area (Å²) in [6.45, 7) is 7.47. The van der Waals surface area contributed by atoms with Crippen molar-refractivity contribution in [1.29, 1.82) is 0 Å². The number of phenols is 1. The molecule has 0 aliphatic carbocycles. The molecule has 174 valence electrons. The second-order valence-corrected chi connectivity index (χ2v) is 8.36. The van der Waals surface area contributed by atoms with E-state index < -0.39 is 30.1 Å². The lowest BCUT2D eigenvalue weighted by Crippen LogP contribution is -2.36. The van der Waals surface area contributed by atoms with E-state index in [9.17, 15) is 24.9 Å². The minimum absolute atomic E-state index is 0.0107. The molecule has 3 N–H and O–H groups in total. The Hall–Kier alpha value is -2.68. The Morgan fingerprint density at radius 1 is 1.09 bits per heavy atom. The standard InChI is InChI=1S/C24H31NO7/c1-14-11-15(2)22(28)23(29)19(26)6-4-5-17-12-18(25-7-9-31-10-8-25)13-20(27)21(17)24(30)32-16(14)3/h4-5,11-14,16,19,23,26-27,29H,6-10H2,1-3H3/b5-4+,15-11-/t14-,16+,19+,23+/m1/s1. The molecule has 1 aromatic carbocycles. The minimum atomic E-state index is -1.56. The molecule has 0 bridgehead atoms. The maximum Gasteiger partial charge on any atom is 0.342 e. The zero-order chi connectivity index (χ0) is 23.4. The van der Waals surface area contributed by atoms with Gasteiger partial charge in [-0.25, -0.2) is 4.79 Å². The van der Waals surface area contributed by atoms with Crippen LogP contribution in [0.25, 0.3) is 6.08 Å². The average molecular weight is 446 g/mol. The summed E-state index contributed by atoms with van der Waals surface area (Å²) in [7, 11) is 0. The van der Waals surface area contributed by atoms with Crippen LogP contribution >= 0.6 is 0 Å². The molecule has 2 aliphatic rings. The molecule has 32 heavy (non-hydrogen) atoms. The maximum atomic E-state index is 13.0. The fraction of sp³-hybridized carbons (Fsp3) is 0.500. The normalized spacial score (nSPS) is 30.5. The minimum Gasteiger partial charge on any atom is -0.507 e. The number of ketones is 1. The largest absolute Gasteiger partial charge is 0.507 e. The summed E-state index contributed by atoms with van der Waals surface area (Å²) < 4.78 is 11.0. The van der Waals surface area contributed by atoms with Crippen LogP contribution in [0.15, 0.2) is 29.9 Å². The van der Waals surface area contributed by atoms with Crippen LogP contribution in [-0.4, -0.2) is 71.7 Å². The maximum absolute atomic E-state index is 13.0. The van der Waals surface area contributed by atoms with Crippen LogP contribution in [0, 0.1) is 5.92 Å². The van der Waals surface area contributed by atoms with E-state index in [-0.39, 0.29) is 29.2 Å². The van der Waals surface area contributed by atoms with Crippen molar-refractivity contribution in [2.75, 3.05) is 31.2 Å². The number of carbonyl (C=O) groups excluding carboxylic acids is 2. The number of ether oxygens (including phenoxy) is 2. The number of hydrogen-bond acceptors (Lipinski definition) is 8. The van der Waals surface area contributed by atoms with E-state index in [1.165, 1.54) is 6.07 Å². The van der Waals surface area contributed by atoms with Gasteiger partial charge in [0, 0.05) is 30.8 Å². The fourth-order valence-electron chi connectivity index (χ4n) is 3.81. The number of anilines is 1. The Morgan fingerprint density at radius 3 is 2.47 bits per heavy atom. The summed E-state index contributed by atoms with van der Waals surface area (Å²) in [6, 6.07) is 3.31. The van der Waals surface area contributed by atoms with Gasteiger partial charge in [-0.15, -0.1) is 0 Å². The van der Waals surface area contributed by atoms with Gasteiger partial charge in [0.25, 0.3) is 0 Å². The highest BCUT2D eigenvalue weighted by Crippen LogP contribution is 2.32. The van der Waals surface area contributed by atoms with Gasteiger partial charge in [-0.2, -0.15) is 0 Å². The predicted octanol–water partition coefficient (Wildman–Crippen LogP) is 2.06. The van der Waals surface area contributed by atoms with Gasteiger partial charge in [0.1, 0.15) is 23.5 Å². The van der Waals surface area contributed by atoms with Crippen molar-refractivity contribution in [2.24, 2.45) is 5.92 Å². The van der Waals surface area contributed by atoms with Crippen molar-refractivity contribution in [1.82, 2.24) is 0 Å². The Kier molecular flexibility index (Phi) is 7.71. The summed E-state index contributed by atoms with van der Waals surface area (Å²) in [5.74, 6) is -1.77. The molecular formula is C24H31NO7. The first kappa shape index (κ1) is 24.0. The van der Waals surface area contributed by atoms with Gasteiger partial charge in [0.05, 0.1) is 19.3 Å². The van der Waals surface area contributed by atoms with Crippen molar-refractivity contribution < 1.29 is 34.4 Å². The number of aliphatic hydroxyl groups excluding tert-OH is 2. The number of aromatic hydroxyl groups is 1.